The van der Waals surface area contributed by atoms with Crippen molar-refractivity contribution in [2.24, 2.45) is 0 Å². The highest BCUT2D eigenvalue weighted by atomic mass is 16.5. The van der Waals surface area contributed by atoms with E-state index >= 15 is 0 Å². The summed E-state index contributed by atoms with van der Waals surface area (Å²) in [6.45, 7) is 2.55. The van der Waals surface area contributed by atoms with Gasteiger partial charge in [0.05, 0.1) is 17.9 Å². The minimum absolute atomic E-state index is 0.0563. The van der Waals surface area contributed by atoms with E-state index in [1.807, 2.05) is 73.7 Å². The van der Waals surface area contributed by atoms with Crippen LogP contribution in [0, 0.1) is 0 Å². The van der Waals surface area contributed by atoms with E-state index in [2.05, 4.69) is 10.3 Å². The van der Waals surface area contributed by atoms with Crippen molar-refractivity contribution < 1.29 is 9.53 Å². The van der Waals surface area contributed by atoms with Gasteiger partial charge < -0.3 is 10.1 Å². The summed E-state index contributed by atoms with van der Waals surface area (Å²) in [5.41, 5.74) is 3.03. The number of pyridine rings is 1. The Kier molecular flexibility index (Phi) is 4.27. The van der Waals surface area contributed by atoms with Gasteiger partial charge in [-0.3, -0.25) is 14.7 Å². The van der Waals surface area contributed by atoms with Crippen LogP contribution < -0.4 is 15.0 Å². The fourth-order valence-corrected chi connectivity index (χ4v) is 3.13. The van der Waals surface area contributed by atoms with Gasteiger partial charge >= 0.3 is 0 Å². The zero-order valence-electron chi connectivity index (χ0n) is 14.4. The number of fused-ring (bicyclic) bond motifs is 1. The van der Waals surface area contributed by atoms with E-state index in [9.17, 15) is 4.79 Å². The molecule has 2 aromatic carbocycles. The van der Waals surface area contributed by atoms with Crippen LogP contribution in [-0.4, -0.2) is 17.5 Å². The second kappa shape index (κ2) is 6.88. The van der Waals surface area contributed by atoms with Crippen LogP contribution in [0.1, 0.15) is 29.1 Å². The topological polar surface area (TPSA) is 54.5 Å². The normalized spacial score (nSPS) is 16.0. The second-order valence-corrected chi connectivity index (χ2v) is 5.95. The van der Waals surface area contributed by atoms with Gasteiger partial charge in [-0.2, -0.15) is 0 Å². The molecule has 130 valence electrons. The number of amides is 1. The third-order valence-electron chi connectivity index (χ3n) is 4.32. The summed E-state index contributed by atoms with van der Waals surface area (Å²) in [4.78, 5) is 19.4. The van der Waals surface area contributed by atoms with Crippen molar-refractivity contribution in [1.82, 2.24) is 4.98 Å². The molecule has 5 nitrogen and oxygen atoms in total. The molecule has 0 spiro atoms. The molecule has 1 aliphatic heterocycles. The van der Waals surface area contributed by atoms with E-state index in [0.29, 0.717) is 12.2 Å². The predicted molar refractivity (Wildman–Crippen MR) is 101 cm³/mol. The molecule has 0 aliphatic carbocycles. The van der Waals surface area contributed by atoms with Crippen LogP contribution in [0.3, 0.4) is 0 Å². The minimum atomic E-state index is -0.378. The number of hydrogen-bond acceptors (Lipinski definition) is 4. The maximum atomic E-state index is 13.2. The molecule has 1 amide bonds. The maximum absolute atomic E-state index is 13.2. The maximum Gasteiger partial charge on any atom is 0.262 e. The minimum Gasteiger partial charge on any atom is -0.494 e. The lowest BCUT2D eigenvalue weighted by Crippen LogP contribution is -2.43. The number of carbonyl (C=O) groups excluding carboxylic acids is 1. The first-order valence-corrected chi connectivity index (χ1v) is 8.61. The van der Waals surface area contributed by atoms with E-state index in [1.54, 1.807) is 11.1 Å². The molecule has 2 heterocycles. The SMILES string of the molecule is CCOc1ccc(N2C(=O)c3ccccc3N[C@@H]2c2ccccn2)cc1. The number of benzene rings is 2. The second-order valence-electron chi connectivity index (χ2n) is 5.95. The molecular weight excluding hydrogens is 326 g/mol. The number of rotatable bonds is 4. The fourth-order valence-electron chi connectivity index (χ4n) is 3.13. The highest BCUT2D eigenvalue weighted by Gasteiger charge is 2.34. The molecule has 0 bridgehead atoms. The van der Waals surface area contributed by atoms with Gasteiger partial charge in [0.1, 0.15) is 5.75 Å². The van der Waals surface area contributed by atoms with Gasteiger partial charge in [0, 0.05) is 17.6 Å². The van der Waals surface area contributed by atoms with Crippen molar-refractivity contribution in [3.05, 3.63) is 84.2 Å². The van der Waals surface area contributed by atoms with Crippen LogP contribution in [-0.2, 0) is 0 Å². The average molecular weight is 345 g/mol. The summed E-state index contributed by atoms with van der Waals surface area (Å²) in [6, 6.07) is 20.8. The Morgan fingerprint density at radius 1 is 1.04 bits per heavy atom. The molecule has 1 N–H and O–H groups in total. The fraction of sp³-hybridized carbons (Fsp3) is 0.143. The Balaban J connectivity index is 1.79. The summed E-state index contributed by atoms with van der Waals surface area (Å²) in [5.74, 6) is 0.725. The first-order valence-electron chi connectivity index (χ1n) is 8.61. The Labute approximate surface area is 152 Å². The van der Waals surface area contributed by atoms with Crippen molar-refractivity contribution >= 4 is 17.3 Å². The summed E-state index contributed by atoms with van der Waals surface area (Å²) in [6.07, 6.45) is 1.36. The summed E-state index contributed by atoms with van der Waals surface area (Å²) in [5, 5.41) is 3.44. The largest absolute Gasteiger partial charge is 0.494 e. The lowest BCUT2D eigenvalue weighted by Gasteiger charge is -2.37. The standard InChI is InChI=1S/C21H19N3O2/c1-2-26-16-12-10-15(11-13-16)24-20(19-9-5-6-14-22-19)23-18-8-4-3-7-17(18)21(24)25/h3-14,20,23H,2H2,1H3/t20-/m0/s1. The number of aromatic nitrogens is 1. The molecule has 4 rings (SSSR count). The van der Waals surface area contributed by atoms with Gasteiger partial charge in [0.2, 0.25) is 0 Å². The molecule has 0 saturated carbocycles. The van der Waals surface area contributed by atoms with Crippen molar-refractivity contribution in [2.75, 3.05) is 16.8 Å². The quantitative estimate of drug-likeness (QED) is 0.768. The number of para-hydroxylation sites is 1. The summed E-state index contributed by atoms with van der Waals surface area (Å²) in [7, 11) is 0. The Hall–Kier alpha value is -3.34. The number of anilines is 2. The van der Waals surface area contributed by atoms with E-state index in [0.717, 1.165) is 22.8 Å². The predicted octanol–water partition coefficient (Wildman–Crippen LogP) is 4.25. The smallest absolute Gasteiger partial charge is 0.262 e. The van der Waals surface area contributed by atoms with Crippen LogP contribution in [0.25, 0.3) is 0 Å². The number of nitrogens with zero attached hydrogens (tertiary/aromatic N) is 2. The van der Waals surface area contributed by atoms with Gasteiger partial charge in [-0.15, -0.1) is 0 Å². The van der Waals surface area contributed by atoms with Crippen molar-refractivity contribution in [1.29, 1.82) is 0 Å². The third kappa shape index (κ3) is 2.88. The molecular formula is C21H19N3O2. The van der Waals surface area contributed by atoms with Gasteiger partial charge in [0.25, 0.3) is 5.91 Å². The van der Waals surface area contributed by atoms with E-state index in [1.165, 1.54) is 0 Å². The Morgan fingerprint density at radius 2 is 1.81 bits per heavy atom. The van der Waals surface area contributed by atoms with Crippen LogP contribution in [0.2, 0.25) is 0 Å². The first kappa shape index (κ1) is 16.1. The molecule has 1 atom stereocenters. The molecule has 1 aromatic heterocycles. The number of nitrogens with one attached hydrogen (secondary N) is 1. The van der Waals surface area contributed by atoms with Crippen molar-refractivity contribution in [3.63, 3.8) is 0 Å². The van der Waals surface area contributed by atoms with Crippen LogP contribution in [0.4, 0.5) is 11.4 Å². The average Bonchev–Trinajstić information content (AvgIpc) is 2.70. The van der Waals surface area contributed by atoms with Gasteiger partial charge in [-0.25, -0.2) is 0 Å². The molecule has 0 fully saturated rings. The van der Waals surface area contributed by atoms with Gasteiger partial charge in [0.15, 0.2) is 6.17 Å². The monoisotopic (exact) mass is 345 g/mol. The van der Waals surface area contributed by atoms with Gasteiger partial charge in [-0.05, 0) is 55.5 Å². The van der Waals surface area contributed by atoms with E-state index < -0.39 is 0 Å². The number of hydrogen-bond donors (Lipinski definition) is 1. The third-order valence-corrected chi connectivity index (χ3v) is 4.32. The Morgan fingerprint density at radius 3 is 2.54 bits per heavy atom. The first-order chi connectivity index (χ1) is 12.8. The zero-order chi connectivity index (χ0) is 17.9. The lowest BCUT2D eigenvalue weighted by atomic mass is 10.0. The van der Waals surface area contributed by atoms with Crippen LogP contribution >= 0.6 is 0 Å². The van der Waals surface area contributed by atoms with Crippen molar-refractivity contribution in [2.45, 2.75) is 13.1 Å². The van der Waals surface area contributed by atoms with Crippen molar-refractivity contribution in [3.8, 4) is 5.75 Å². The van der Waals surface area contributed by atoms with E-state index in [4.69, 9.17) is 4.74 Å². The summed E-state index contributed by atoms with van der Waals surface area (Å²) >= 11 is 0. The van der Waals surface area contributed by atoms with Crippen LogP contribution in [0.15, 0.2) is 72.9 Å². The molecule has 0 saturated heterocycles. The molecule has 0 radical (unpaired) electrons. The number of carbonyl (C=O) groups is 1. The molecule has 0 unspecified atom stereocenters. The number of ether oxygens (including phenoxy) is 1. The van der Waals surface area contributed by atoms with Crippen LogP contribution in [0.5, 0.6) is 5.75 Å². The van der Waals surface area contributed by atoms with E-state index in [-0.39, 0.29) is 12.1 Å². The Bertz CT molecular complexity index is 910. The van der Waals surface area contributed by atoms with Gasteiger partial charge in [-0.1, -0.05) is 18.2 Å². The molecule has 3 aromatic rings. The lowest BCUT2D eigenvalue weighted by molar-refractivity contribution is 0.0974. The highest BCUT2D eigenvalue weighted by Crippen LogP contribution is 2.36. The molecule has 26 heavy (non-hydrogen) atoms. The molecule has 1 aliphatic rings. The zero-order valence-corrected chi connectivity index (χ0v) is 14.4. The molecule has 5 heteroatoms. The highest BCUT2D eigenvalue weighted by molar-refractivity contribution is 6.12. The summed E-state index contributed by atoms with van der Waals surface area (Å²) < 4.78 is 5.51.